The third-order valence-corrected chi connectivity index (χ3v) is 3.40. The molecule has 2 rings (SSSR count). The van der Waals surface area contributed by atoms with Gasteiger partial charge in [0.2, 0.25) is 0 Å². The summed E-state index contributed by atoms with van der Waals surface area (Å²) in [5.41, 5.74) is 1.15. The van der Waals surface area contributed by atoms with Crippen LogP contribution in [0.4, 0.5) is 4.39 Å². The van der Waals surface area contributed by atoms with Gasteiger partial charge in [-0.05, 0) is 38.0 Å². The van der Waals surface area contributed by atoms with Crippen LogP contribution in [0.3, 0.4) is 0 Å². The molecule has 1 aromatic carbocycles. The van der Waals surface area contributed by atoms with Crippen LogP contribution in [0, 0.1) is 5.82 Å². The number of hydrogen-bond acceptors (Lipinski definition) is 2. The molecule has 3 heteroatoms. The molecule has 2 nitrogen and oxygen atoms in total. The summed E-state index contributed by atoms with van der Waals surface area (Å²) >= 11 is 0. The molecule has 0 bridgehead atoms. The lowest BCUT2D eigenvalue weighted by Crippen LogP contribution is -2.57. The molecule has 0 aliphatic carbocycles. The van der Waals surface area contributed by atoms with E-state index >= 15 is 0 Å². The fraction of sp³-hybridized carbons (Fsp3) is 0.571. The monoisotopic (exact) mass is 237 g/mol. The van der Waals surface area contributed by atoms with E-state index in [1.165, 1.54) is 6.07 Å². The first-order valence-corrected chi connectivity index (χ1v) is 6.21. The highest BCUT2D eigenvalue weighted by atomic mass is 19.1. The van der Waals surface area contributed by atoms with Crippen molar-refractivity contribution in [1.82, 2.24) is 5.32 Å². The molecule has 0 spiro atoms. The van der Waals surface area contributed by atoms with Gasteiger partial charge in [0.15, 0.2) is 0 Å². The zero-order valence-corrected chi connectivity index (χ0v) is 10.5. The van der Waals surface area contributed by atoms with Gasteiger partial charge >= 0.3 is 0 Å². The van der Waals surface area contributed by atoms with Gasteiger partial charge in [-0.1, -0.05) is 12.1 Å². The van der Waals surface area contributed by atoms with Gasteiger partial charge in [-0.25, -0.2) is 4.39 Å². The third-order valence-electron chi connectivity index (χ3n) is 3.40. The molecule has 0 radical (unpaired) electrons. The first-order valence-electron chi connectivity index (χ1n) is 6.21. The van der Waals surface area contributed by atoms with Crippen LogP contribution >= 0.6 is 0 Å². The Kier molecular flexibility index (Phi) is 3.79. The van der Waals surface area contributed by atoms with Gasteiger partial charge < -0.3 is 10.1 Å². The average molecular weight is 237 g/mol. The highest BCUT2D eigenvalue weighted by molar-refractivity contribution is 5.30. The highest BCUT2D eigenvalue weighted by Crippen LogP contribution is 2.32. The molecule has 94 valence electrons. The summed E-state index contributed by atoms with van der Waals surface area (Å²) in [5, 5.41) is 3.28. The summed E-state index contributed by atoms with van der Waals surface area (Å²) in [6.45, 7) is 6.63. The molecule has 0 amide bonds. The molecule has 0 atom stereocenters. The highest BCUT2D eigenvalue weighted by Gasteiger charge is 2.38. The van der Waals surface area contributed by atoms with Gasteiger partial charge in [-0.3, -0.25) is 0 Å². The van der Waals surface area contributed by atoms with Crippen LogP contribution in [0.25, 0.3) is 0 Å². The molecule has 1 N–H and O–H groups in total. The Balaban J connectivity index is 2.04. The van der Waals surface area contributed by atoms with E-state index in [1.807, 2.05) is 19.9 Å². The predicted octanol–water partition coefficient (Wildman–Crippen LogP) is 2.48. The molecule has 1 fully saturated rings. The van der Waals surface area contributed by atoms with Crippen LogP contribution in [0.15, 0.2) is 24.3 Å². The largest absolute Gasteiger partial charge is 0.379 e. The van der Waals surface area contributed by atoms with Crippen molar-refractivity contribution in [1.29, 1.82) is 0 Å². The lowest BCUT2D eigenvalue weighted by molar-refractivity contribution is 0.0556. The maximum absolute atomic E-state index is 13.3. The van der Waals surface area contributed by atoms with Gasteiger partial charge in [0.05, 0.1) is 6.10 Å². The SMILES string of the molecule is CC(C)OCCC1(c2cccc(F)c2)CNC1. The maximum atomic E-state index is 13.3. The molecule has 0 aromatic heterocycles. The Morgan fingerprint density at radius 2 is 2.18 bits per heavy atom. The topological polar surface area (TPSA) is 21.3 Å². The van der Waals surface area contributed by atoms with Crippen molar-refractivity contribution in [3.8, 4) is 0 Å². The van der Waals surface area contributed by atoms with Crippen LogP contribution in [-0.2, 0) is 10.2 Å². The second-order valence-electron chi connectivity index (χ2n) is 5.06. The number of halogens is 1. The number of rotatable bonds is 5. The number of ether oxygens (including phenoxy) is 1. The molecular formula is C14H20FNO. The molecule has 1 aliphatic heterocycles. The summed E-state index contributed by atoms with van der Waals surface area (Å²) in [5.74, 6) is -0.154. The van der Waals surface area contributed by atoms with Crippen LogP contribution in [0.2, 0.25) is 0 Å². The Bertz CT molecular complexity index is 374. The van der Waals surface area contributed by atoms with Gasteiger partial charge in [0, 0.05) is 25.1 Å². The number of benzene rings is 1. The minimum absolute atomic E-state index is 0.0665. The van der Waals surface area contributed by atoms with E-state index in [1.54, 1.807) is 12.1 Å². The normalized spacial score (nSPS) is 18.1. The van der Waals surface area contributed by atoms with E-state index in [2.05, 4.69) is 5.32 Å². The minimum Gasteiger partial charge on any atom is -0.379 e. The summed E-state index contributed by atoms with van der Waals surface area (Å²) < 4.78 is 18.9. The van der Waals surface area contributed by atoms with Crippen molar-refractivity contribution >= 4 is 0 Å². The van der Waals surface area contributed by atoms with Crippen molar-refractivity contribution < 1.29 is 9.13 Å². The Morgan fingerprint density at radius 1 is 1.41 bits per heavy atom. The molecule has 1 aromatic rings. The summed E-state index contributed by atoms with van der Waals surface area (Å²) in [6, 6.07) is 6.94. The first-order chi connectivity index (χ1) is 8.12. The smallest absolute Gasteiger partial charge is 0.123 e. The van der Waals surface area contributed by atoms with Crippen molar-refractivity contribution in [2.45, 2.75) is 31.8 Å². The van der Waals surface area contributed by atoms with E-state index in [-0.39, 0.29) is 17.3 Å². The van der Waals surface area contributed by atoms with Gasteiger partial charge in [0.25, 0.3) is 0 Å². The van der Waals surface area contributed by atoms with Crippen molar-refractivity contribution in [2.24, 2.45) is 0 Å². The second-order valence-corrected chi connectivity index (χ2v) is 5.06. The quantitative estimate of drug-likeness (QED) is 0.849. The molecule has 1 saturated heterocycles. The minimum atomic E-state index is -0.154. The van der Waals surface area contributed by atoms with E-state index in [0.717, 1.165) is 31.7 Å². The molecular weight excluding hydrogens is 217 g/mol. The molecule has 1 aliphatic rings. The van der Waals surface area contributed by atoms with Crippen molar-refractivity contribution in [3.05, 3.63) is 35.6 Å². The van der Waals surface area contributed by atoms with Crippen LogP contribution in [0.1, 0.15) is 25.8 Å². The maximum Gasteiger partial charge on any atom is 0.123 e. The average Bonchev–Trinajstić information content (AvgIpc) is 2.21. The Hall–Kier alpha value is -0.930. The molecule has 0 unspecified atom stereocenters. The molecule has 0 saturated carbocycles. The third kappa shape index (κ3) is 2.85. The fourth-order valence-corrected chi connectivity index (χ4v) is 2.26. The summed E-state index contributed by atoms with van der Waals surface area (Å²) in [4.78, 5) is 0. The zero-order valence-electron chi connectivity index (χ0n) is 10.5. The van der Waals surface area contributed by atoms with Gasteiger partial charge in [-0.15, -0.1) is 0 Å². The summed E-state index contributed by atoms with van der Waals surface area (Å²) in [7, 11) is 0. The standard InChI is InChI=1S/C14H20FNO/c1-11(2)17-7-6-14(9-16-10-14)12-4-3-5-13(15)8-12/h3-5,8,11,16H,6-7,9-10H2,1-2H3. The second kappa shape index (κ2) is 5.15. The van der Waals surface area contributed by atoms with E-state index < -0.39 is 0 Å². The lowest BCUT2D eigenvalue weighted by Gasteiger charge is -2.43. The van der Waals surface area contributed by atoms with Crippen LogP contribution < -0.4 is 5.32 Å². The zero-order chi connectivity index (χ0) is 12.3. The molecule has 1 heterocycles. The van der Waals surface area contributed by atoms with E-state index in [4.69, 9.17) is 4.74 Å². The van der Waals surface area contributed by atoms with E-state index in [0.29, 0.717) is 0 Å². The molecule has 17 heavy (non-hydrogen) atoms. The van der Waals surface area contributed by atoms with Crippen LogP contribution in [-0.4, -0.2) is 25.8 Å². The predicted molar refractivity (Wildman–Crippen MR) is 66.7 cm³/mol. The van der Waals surface area contributed by atoms with Gasteiger partial charge in [0.1, 0.15) is 5.82 Å². The van der Waals surface area contributed by atoms with E-state index in [9.17, 15) is 4.39 Å². The fourth-order valence-electron chi connectivity index (χ4n) is 2.26. The lowest BCUT2D eigenvalue weighted by atomic mass is 9.73. The van der Waals surface area contributed by atoms with Gasteiger partial charge in [-0.2, -0.15) is 0 Å². The Morgan fingerprint density at radius 3 is 2.71 bits per heavy atom. The number of nitrogens with one attached hydrogen (secondary N) is 1. The number of hydrogen-bond donors (Lipinski definition) is 1. The van der Waals surface area contributed by atoms with Crippen LogP contribution in [0.5, 0.6) is 0 Å². The summed E-state index contributed by atoms with van der Waals surface area (Å²) in [6.07, 6.45) is 1.20. The van der Waals surface area contributed by atoms with Crippen molar-refractivity contribution in [2.75, 3.05) is 19.7 Å². The Labute approximate surface area is 102 Å². The first kappa shape index (κ1) is 12.5. The van der Waals surface area contributed by atoms with Crippen molar-refractivity contribution in [3.63, 3.8) is 0 Å².